The van der Waals surface area contributed by atoms with E-state index in [1.165, 1.54) is 29.5 Å². The average Bonchev–Trinajstić information content (AvgIpc) is 3.92. The second-order valence-electron chi connectivity index (χ2n) is 15.0. The van der Waals surface area contributed by atoms with Gasteiger partial charge in [0.2, 0.25) is 15.8 Å². The smallest absolute Gasteiger partial charge is 0.407 e. The number of carboxylic acids is 1. The summed E-state index contributed by atoms with van der Waals surface area (Å²) in [6.45, 7) is 5.20. The number of amides is 1. The Morgan fingerprint density at radius 2 is 1.95 bits per heavy atom. The molecule has 2 aliphatic heterocycles. The third-order valence-corrected chi connectivity index (χ3v) is 14.5. The van der Waals surface area contributed by atoms with Gasteiger partial charge in [0.1, 0.15) is 18.5 Å². The molecule has 0 bridgehead atoms. The van der Waals surface area contributed by atoms with Crippen molar-refractivity contribution < 1.29 is 50.8 Å². The number of aryl methyl sites for hydroxylation is 1. The van der Waals surface area contributed by atoms with Crippen LogP contribution in [0.1, 0.15) is 60.8 Å². The molecule has 0 saturated carbocycles. The number of sulfonamides is 1. The third kappa shape index (κ3) is 8.37. The number of thiazole rings is 1. The number of fused-ring (bicyclic) bond motifs is 3. The number of carboxylic acid groups (broad SMARTS) is 1. The van der Waals surface area contributed by atoms with Crippen molar-refractivity contribution in [3.05, 3.63) is 64.0 Å². The van der Waals surface area contributed by atoms with Crippen LogP contribution in [0.2, 0.25) is 0 Å². The molecule has 1 aliphatic carbocycles. The molecule has 4 aromatic rings. The molecule has 3 aliphatic rings. The van der Waals surface area contributed by atoms with Crippen LogP contribution in [0.15, 0.2) is 52.9 Å². The van der Waals surface area contributed by atoms with Crippen molar-refractivity contribution in [2.45, 2.75) is 82.1 Å². The summed E-state index contributed by atoms with van der Waals surface area (Å²) >= 11 is 2.80. The fourth-order valence-electron chi connectivity index (χ4n) is 7.58. The van der Waals surface area contributed by atoms with Gasteiger partial charge in [-0.2, -0.15) is 4.31 Å². The first kappa shape index (κ1) is 39.5. The molecule has 7 rings (SSSR count). The number of ether oxygens (including phenoxy) is 4. The lowest BCUT2D eigenvalue weighted by Gasteiger charge is -2.29. The molecule has 17 heteroatoms. The van der Waals surface area contributed by atoms with Crippen LogP contribution in [0, 0.1) is 11.3 Å². The SMILES string of the molecule is C[C@@H](CCN(CC(F)F)S(=O)(=O)c1ccc2ncsc2c1)NC(=O)O[C@H]1CO[C@@]2(COc3ccc(-c4sc5c(c4C(=O)O)CC(C)(C)CC5)cc3)OCC[C@@H]12. The molecule has 2 aromatic carbocycles. The first-order valence-electron chi connectivity index (χ1n) is 18.1. The minimum atomic E-state index is -4.25. The van der Waals surface area contributed by atoms with Crippen molar-refractivity contribution in [3.8, 4) is 16.2 Å². The normalized spacial score (nSPS) is 22.5. The van der Waals surface area contributed by atoms with Crippen molar-refractivity contribution in [3.63, 3.8) is 0 Å². The van der Waals surface area contributed by atoms with Crippen LogP contribution < -0.4 is 10.1 Å². The highest BCUT2D eigenvalue weighted by molar-refractivity contribution is 7.89. The van der Waals surface area contributed by atoms with Crippen molar-refractivity contribution in [1.29, 1.82) is 0 Å². The molecular formula is C38H43F2N3O9S3. The summed E-state index contributed by atoms with van der Waals surface area (Å²) in [5, 5.41) is 12.8. The first-order chi connectivity index (χ1) is 26.1. The average molecular weight is 820 g/mol. The Hall–Kier alpha value is -3.74. The molecule has 4 atom stereocenters. The number of aromatic nitrogens is 1. The van der Waals surface area contributed by atoms with Crippen molar-refractivity contribution >= 4 is 55.0 Å². The van der Waals surface area contributed by atoms with Crippen LogP contribution in [-0.2, 0) is 37.1 Å². The predicted molar refractivity (Wildman–Crippen MR) is 203 cm³/mol. The van der Waals surface area contributed by atoms with E-state index in [0.717, 1.165) is 44.4 Å². The summed E-state index contributed by atoms with van der Waals surface area (Å²) in [7, 11) is -4.25. The van der Waals surface area contributed by atoms with Gasteiger partial charge >= 0.3 is 12.1 Å². The lowest BCUT2D eigenvalue weighted by molar-refractivity contribution is -0.211. The standard InChI is InChI=1S/C38H43F2N3O9S3/c1-22(11-14-43(18-32(39)40)55(47,48)25-8-9-28-31(16-25)53-21-41-28)42-36(46)52-29-19-51-38(27(29)12-15-50-38)20-49-24-6-4-23(5-7-24)34-33(35(44)45)26-17-37(2,3)13-10-30(26)54-34/h4-9,16,21-22,27,29,32H,10-15,17-20H2,1-3H3,(H,42,46)(H,44,45)/t22-,27-,29-,38+/m0/s1. The number of alkyl halides is 2. The fourth-order valence-corrected chi connectivity index (χ4v) is 11.1. The summed E-state index contributed by atoms with van der Waals surface area (Å²) in [5.74, 6) is -1.85. The number of carbonyl (C=O) groups is 2. The van der Waals surface area contributed by atoms with Crippen LogP contribution in [0.4, 0.5) is 13.6 Å². The van der Waals surface area contributed by atoms with Gasteiger partial charge in [0, 0.05) is 22.3 Å². The maximum Gasteiger partial charge on any atom is 0.407 e. The zero-order valence-electron chi connectivity index (χ0n) is 30.6. The number of hydrogen-bond donors (Lipinski definition) is 2. The first-order valence-corrected chi connectivity index (χ1v) is 21.3. The molecule has 55 heavy (non-hydrogen) atoms. The molecule has 0 unspecified atom stereocenters. The highest BCUT2D eigenvalue weighted by Gasteiger charge is 2.57. The van der Waals surface area contributed by atoms with E-state index in [0.29, 0.717) is 34.6 Å². The number of rotatable bonds is 14. The highest BCUT2D eigenvalue weighted by atomic mass is 32.2. The molecule has 0 radical (unpaired) electrons. The number of hydrogen-bond acceptors (Lipinski definition) is 11. The van der Waals surface area contributed by atoms with Crippen molar-refractivity contribution in [1.82, 2.24) is 14.6 Å². The zero-order valence-corrected chi connectivity index (χ0v) is 33.0. The van der Waals surface area contributed by atoms with Gasteiger partial charge in [0.25, 0.3) is 6.43 Å². The van der Waals surface area contributed by atoms with E-state index in [1.54, 1.807) is 35.9 Å². The number of nitrogens with one attached hydrogen (secondary N) is 1. The summed E-state index contributed by atoms with van der Waals surface area (Å²) in [6.07, 6.45) is -1.07. The van der Waals surface area contributed by atoms with Gasteiger partial charge in [-0.05, 0) is 98.0 Å². The molecule has 4 heterocycles. The molecule has 296 valence electrons. The third-order valence-electron chi connectivity index (χ3n) is 10.5. The number of carbonyl (C=O) groups excluding carboxylic acids is 1. The van der Waals surface area contributed by atoms with E-state index < -0.39 is 53.0 Å². The number of thiophene rings is 1. The molecule has 2 fully saturated rings. The number of nitrogens with zero attached hydrogens (tertiary/aromatic N) is 2. The van der Waals surface area contributed by atoms with Crippen LogP contribution in [0.25, 0.3) is 20.7 Å². The Bertz CT molecular complexity index is 2160. The van der Waals surface area contributed by atoms with Gasteiger partial charge in [0.05, 0.1) is 51.9 Å². The van der Waals surface area contributed by atoms with E-state index >= 15 is 0 Å². The fraction of sp³-hybridized carbons (Fsp3) is 0.500. The lowest BCUT2D eigenvalue weighted by Crippen LogP contribution is -2.44. The van der Waals surface area contributed by atoms with E-state index in [1.807, 2.05) is 12.1 Å². The summed E-state index contributed by atoms with van der Waals surface area (Å²) in [4.78, 5) is 31.3. The van der Waals surface area contributed by atoms with Gasteiger partial charge in [-0.15, -0.1) is 22.7 Å². The number of alkyl carbamates (subject to hydrolysis) is 1. The molecule has 12 nitrogen and oxygen atoms in total. The minimum absolute atomic E-state index is 0.0298. The predicted octanol–water partition coefficient (Wildman–Crippen LogP) is 7.21. The van der Waals surface area contributed by atoms with E-state index in [-0.39, 0.29) is 42.4 Å². The molecular weight excluding hydrogens is 777 g/mol. The Balaban J connectivity index is 0.930. The second kappa shape index (κ2) is 15.7. The van der Waals surface area contributed by atoms with E-state index in [4.69, 9.17) is 18.9 Å². The lowest BCUT2D eigenvalue weighted by atomic mass is 9.76. The second-order valence-corrected chi connectivity index (χ2v) is 19.0. The Morgan fingerprint density at radius 1 is 1.16 bits per heavy atom. The molecule has 2 aromatic heterocycles. The van der Waals surface area contributed by atoms with E-state index in [2.05, 4.69) is 24.1 Å². The van der Waals surface area contributed by atoms with Gasteiger partial charge in [-0.25, -0.2) is 31.8 Å². The van der Waals surface area contributed by atoms with Crippen LogP contribution >= 0.6 is 22.7 Å². The monoisotopic (exact) mass is 819 g/mol. The Labute approximate surface area is 325 Å². The van der Waals surface area contributed by atoms with Crippen LogP contribution in [-0.4, -0.2) is 92.1 Å². The Kier molecular flexibility index (Phi) is 11.2. The number of aromatic carboxylic acids is 1. The van der Waals surface area contributed by atoms with Crippen LogP contribution in [0.5, 0.6) is 5.75 Å². The highest BCUT2D eigenvalue weighted by Crippen LogP contribution is 2.46. The summed E-state index contributed by atoms with van der Waals surface area (Å²) in [5.41, 5.74) is 4.37. The number of halogens is 2. The largest absolute Gasteiger partial charge is 0.488 e. The minimum Gasteiger partial charge on any atom is -0.488 e. The van der Waals surface area contributed by atoms with Gasteiger partial charge in [-0.3, -0.25) is 0 Å². The van der Waals surface area contributed by atoms with Gasteiger partial charge in [-0.1, -0.05) is 13.8 Å². The van der Waals surface area contributed by atoms with Gasteiger partial charge in [0.15, 0.2) is 0 Å². The van der Waals surface area contributed by atoms with Gasteiger partial charge < -0.3 is 29.4 Å². The van der Waals surface area contributed by atoms with Crippen molar-refractivity contribution in [2.75, 3.05) is 32.9 Å². The molecule has 2 N–H and O–H groups in total. The summed E-state index contributed by atoms with van der Waals surface area (Å²) < 4.78 is 79.0. The number of benzene rings is 2. The van der Waals surface area contributed by atoms with E-state index in [9.17, 15) is 31.9 Å². The topological polar surface area (TPSA) is 154 Å². The molecule has 2 saturated heterocycles. The zero-order chi connectivity index (χ0) is 39.1. The van der Waals surface area contributed by atoms with Crippen LogP contribution in [0.3, 0.4) is 0 Å². The maximum absolute atomic E-state index is 13.5. The Morgan fingerprint density at radius 3 is 2.69 bits per heavy atom. The quantitative estimate of drug-likeness (QED) is 0.134. The molecule has 1 amide bonds. The summed E-state index contributed by atoms with van der Waals surface area (Å²) in [6, 6.07) is 11.0. The maximum atomic E-state index is 13.5. The van der Waals surface area contributed by atoms with Crippen molar-refractivity contribution in [2.24, 2.45) is 11.3 Å². The molecule has 0 spiro atoms.